The minimum Gasteiger partial charge on any atom is -0.402 e. The molecule has 1 aliphatic heterocycles. The highest BCUT2D eigenvalue weighted by Gasteiger charge is 2.39. The number of nitrogens with two attached hydrogens (primary N) is 3. The number of amides is 2. The Kier molecular flexibility index (Phi) is 9.07. The standard InChI is InChI=1S/C20H21ClN6O.C9H15NO2/c1-25-20-17(19(24)28)15(26-27-20)5-4-9-7-14(22)12(8-13(9)21)16-10-2-3-11(6-10)18(16)23;1-3-9(11)10-6-4-5-8(10)7-12-2/h7-8,10-11H,2-3,6,22-23H2,1H3,(H2,24,28)(H2,25,26,27);3,8H,1,4-7H2,2H3. The summed E-state index contributed by atoms with van der Waals surface area (Å²) in [6, 6.07) is 3.85. The maximum Gasteiger partial charge on any atom is 0.255 e. The zero-order valence-electron chi connectivity index (χ0n) is 22.9. The molecule has 2 aliphatic carbocycles. The van der Waals surface area contributed by atoms with Gasteiger partial charge in [-0.2, -0.15) is 5.10 Å². The second-order valence-corrected chi connectivity index (χ2v) is 10.6. The van der Waals surface area contributed by atoms with Crippen molar-refractivity contribution in [2.24, 2.45) is 23.3 Å². The van der Waals surface area contributed by atoms with Gasteiger partial charge in [0.05, 0.1) is 17.7 Å². The molecule has 3 unspecified atom stereocenters. The number of benzene rings is 1. The molecule has 2 amide bonds. The Bertz CT molecular complexity index is 1400. The van der Waals surface area contributed by atoms with Crippen LogP contribution < -0.4 is 22.5 Å². The van der Waals surface area contributed by atoms with E-state index in [1.54, 1.807) is 20.2 Å². The van der Waals surface area contributed by atoms with Crippen LogP contribution in [0.3, 0.4) is 0 Å². The Morgan fingerprint density at radius 2 is 2.02 bits per heavy atom. The number of halogens is 1. The number of primary amides is 1. The van der Waals surface area contributed by atoms with Gasteiger partial charge < -0.3 is 32.2 Å². The molecular formula is C29H36ClN7O3. The van der Waals surface area contributed by atoms with Gasteiger partial charge in [0.1, 0.15) is 11.3 Å². The fourth-order valence-corrected chi connectivity index (χ4v) is 6.08. The Morgan fingerprint density at radius 1 is 1.27 bits per heavy atom. The van der Waals surface area contributed by atoms with Crippen molar-refractivity contribution in [2.45, 2.75) is 38.1 Å². The molecule has 2 fully saturated rings. The summed E-state index contributed by atoms with van der Waals surface area (Å²) in [6.07, 6.45) is 6.89. The van der Waals surface area contributed by atoms with E-state index in [0.717, 1.165) is 55.5 Å². The molecule has 212 valence electrons. The second kappa shape index (κ2) is 12.5. The summed E-state index contributed by atoms with van der Waals surface area (Å²) in [5.74, 6) is 6.49. The number of H-pyrrole nitrogens is 1. The minimum atomic E-state index is -0.623. The number of nitrogen functional groups attached to an aromatic ring is 1. The van der Waals surface area contributed by atoms with Crippen LogP contribution in [-0.4, -0.2) is 60.3 Å². The first-order valence-corrected chi connectivity index (χ1v) is 13.7. The van der Waals surface area contributed by atoms with Gasteiger partial charge in [-0.15, -0.1) is 0 Å². The highest BCUT2D eigenvalue weighted by Crippen LogP contribution is 2.52. The van der Waals surface area contributed by atoms with Crippen molar-refractivity contribution in [3.8, 4) is 11.8 Å². The Morgan fingerprint density at radius 3 is 2.65 bits per heavy atom. The highest BCUT2D eigenvalue weighted by molar-refractivity contribution is 6.32. The van der Waals surface area contributed by atoms with Crippen molar-refractivity contribution >= 4 is 40.5 Å². The average Bonchev–Trinajstić information content (AvgIpc) is 3.73. The molecule has 10 nitrogen and oxygen atoms in total. The Hall–Kier alpha value is -3.94. The predicted octanol–water partition coefficient (Wildman–Crippen LogP) is 3.10. The molecule has 0 spiro atoms. The van der Waals surface area contributed by atoms with E-state index >= 15 is 0 Å². The summed E-state index contributed by atoms with van der Waals surface area (Å²) in [7, 11) is 3.31. The van der Waals surface area contributed by atoms with E-state index in [1.807, 2.05) is 11.0 Å². The van der Waals surface area contributed by atoms with Crippen LogP contribution in [0.1, 0.15) is 59.3 Å². The summed E-state index contributed by atoms with van der Waals surface area (Å²) in [5, 5.41) is 9.97. The molecule has 0 radical (unpaired) electrons. The van der Waals surface area contributed by atoms with Crippen LogP contribution in [0, 0.1) is 23.7 Å². The smallest absolute Gasteiger partial charge is 0.255 e. The van der Waals surface area contributed by atoms with Gasteiger partial charge in [0.25, 0.3) is 5.91 Å². The van der Waals surface area contributed by atoms with Crippen LogP contribution in [0.4, 0.5) is 11.5 Å². The lowest BCUT2D eigenvalue weighted by atomic mass is 9.89. The number of likely N-dealkylation sites (tertiary alicyclic amines) is 1. The van der Waals surface area contributed by atoms with Gasteiger partial charge >= 0.3 is 0 Å². The molecule has 2 aromatic rings. The molecule has 11 heteroatoms. The Balaban J connectivity index is 0.000000259. The number of carbonyl (C=O) groups excluding carboxylic acids is 2. The summed E-state index contributed by atoms with van der Waals surface area (Å²) in [4.78, 5) is 24.8. The monoisotopic (exact) mass is 565 g/mol. The highest BCUT2D eigenvalue weighted by atomic mass is 35.5. The van der Waals surface area contributed by atoms with Gasteiger partial charge in [-0.3, -0.25) is 14.7 Å². The van der Waals surface area contributed by atoms with E-state index < -0.39 is 5.91 Å². The van der Waals surface area contributed by atoms with E-state index in [9.17, 15) is 9.59 Å². The third kappa shape index (κ3) is 5.81. The van der Waals surface area contributed by atoms with Crippen LogP contribution in [0.25, 0.3) is 5.57 Å². The molecule has 1 saturated heterocycles. The van der Waals surface area contributed by atoms with Gasteiger partial charge in [0.2, 0.25) is 5.91 Å². The largest absolute Gasteiger partial charge is 0.402 e. The van der Waals surface area contributed by atoms with E-state index in [1.165, 1.54) is 6.08 Å². The van der Waals surface area contributed by atoms with E-state index in [0.29, 0.717) is 46.2 Å². The molecular weight excluding hydrogens is 530 g/mol. The SMILES string of the molecule is C=CC(=O)N1CCCC1COC.CNc1n[nH]c(C#Cc2cc(N)c(C3=C(N)C4CCC3C4)cc2Cl)c1C(N)=O. The summed E-state index contributed by atoms with van der Waals surface area (Å²) in [5.41, 5.74) is 22.7. The van der Waals surface area contributed by atoms with E-state index in [4.69, 9.17) is 33.5 Å². The van der Waals surface area contributed by atoms with Crippen molar-refractivity contribution in [1.82, 2.24) is 15.1 Å². The van der Waals surface area contributed by atoms with E-state index in [-0.39, 0.29) is 17.5 Å². The quantitative estimate of drug-likeness (QED) is 0.204. The number of aromatic amines is 1. The maximum absolute atomic E-state index is 11.7. The van der Waals surface area contributed by atoms with Crippen molar-refractivity contribution < 1.29 is 14.3 Å². The zero-order chi connectivity index (χ0) is 29.0. The number of fused-ring (bicyclic) bond motifs is 2. The van der Waals surface area contributed by atoms with Gasteiger partial charge in [0.15, 0.2) is 5.82 Å². The maximum atomic E-state index is 11.7. The zero-order valence-corrected chi connectivity index (χ0v) is 23.6. The number of rotatable bonds is 6. The third-order valence-corrected chi connectivity index (χ3v) is 8.10. The predicted molar refractivity (Wildman–Crippen MR) is 157 cm³/mol. The lowest BCUT2D eigenvalue weighted by Crippen LogP contribution is -2.36. The lowest BCUT2D eigenvalue weighted by Gasteiger charge is -2.22. The van der Waals surface area contributed by atoms with Crippen molar-refractivity contribution in [3.63, 3.8) is 0 Å². The van der Waals surface area contributed by atoms with Gasteiger partial charge in [-0.1, -0.05) is 24.1 Å². The lowest BCUT2D eigenvalue weighted by molar-refractivity contribution is -0.127. The topological polar surface area (TPSA) is 165 Å². The molecule has 1 saturated carbocycles. The number of hydrogen-bond acceptors (Lipinski definition) is 7. The number of ether oxygens (including phenoxy) is 1. The van der Waals surface area contributed by atoms with Crippen LogP contribution in [0.2, 0.25) is 5.02 Å². The average molecular weight is 566 g/mol. The summed E-state index contributed by atoms with van der Waals surface area (Å²) >= 11 is 6.48. The number of hydrogen-bond donors (Lipinski definition) is 5. The van der Waals surface area contributed by atoms with Crippen LogP contribution in [0.15, 0.2) is 30.5 Å². The molecule has 8 N–H and O–H groups in total. The fraction of sp³-hybridized carbons (Fsp3) is 0.414. The first-order valence-electron chi connectivity index (χ1n) is 13.3. The minimum absolute atomic E-state index is 0.0227. The summed E-state index contributed by atoms with van der Waals surface area (Å²) in [6.45, 7) is 4.95. The number of aromatic nitrogens is 2. The molecule has 1 aromatic heterocycles. The molecule has 2 heterocycles. The van der Waals surface area contributed by atoms with Crippen molar-refractivity contribution in [1.29, 1.82) is 0 Å². The molecule has 40 heavy (non-hydrogen) atoms. The molecule has 5 rings (SSSR count). The van der Waals surface area contributed by atoms with Crippen molar-refractivity contribution in [3.05, 3.63) is 57.9 Å². The molecule has 1 aromatic carbocycles. The number of anilines is 2. The number of nitrogens with zero attached hydrogens (tertiary/aromatic N) is 2. The van der Waals surface area contributed by atoms with Gasteiger partial charge in [0, 0.05) is 43.2 Å². The van der Waals surface area contributed by atoms with Gasteiger partial charge in [-0.25, -0.2) is 0 Å². The summed E-state index contributed by atoms with van der Waals surface area (Å²) < 4.78 is 5.02. The van der Waals surface area contributed by atoms with Crippen LogP contribution in [0.5, 0.6) is 0 Å². The first-order chi connectivity index (χ1) is 19.2. The first kappa shape index (κ1) is 29.1. The molecule has 3 atom stereocenters. The molecule has 3 aliphatic rings. The Labute approximate surface area is 239 Å². The number of nitrogens with one attached hydrogen (secondary N) is 2. The van der Waals surface area contributed by atoms with Gasteiger partial charge in [-0.05, 0) is 73.6 Å². The van der Waals surface area contributed by atoms with Crippen LogP contribution >= 0.6 is 11.6 Å². The fourth-order valence-electron chi connectivity index (χ4n) is 5.87. The van der Waals surface area contributed by atoms with E-state index in [2.05, 4.69) is 33.9 Å². The molecule has 2 bridgehead atoms. The second-order valence-electron chi connectivity index (χ2n) is 10.2. The number of allylic oxidation sites excluding steroid dienone is 2. The number of methoxy groups -OCH3 is 1. The van der Waals surface area contributed by atoms with Crippen LogP contribution in [-0.2, 0) is 9.53 Å². The number of carbonyl (C=O) groups is 2. The normalized spacial score (nSPS) is 21.0. The third-order valence-electron chi connectivity index (χ3n) is 7.79. The van der Waals surface area contributed by atoms with Crippen molar-refractivity contribution in [2.75, 3.05) is 38.4 Å².